The smallest absolute Gasteiger partial charge is 0.256 e. The fraction of sp³-hybridized carbons (Fsp3) is 0.208. The largest absolute Gasteiger partial charge is 0.348 e. The van der Waals surface area contributed by atoms with Gasteiger partial charge in [-0.05, 0) is 62.2 Å². The first-order valence-electron chi connectivity index (χ1n) is 10.2. The molecule has 1 amide bonds. The van der Waals surface area contributed by atoms with Crippen LogP contribution in [0.15, 0.2) is 54.6 Å². The molecule has 4 rings (SSSR count). The van der Waals surface area contributed by atoms with Crippen molar-refractivity contribution in [3.05, 3.63) is 99.3 Å². The molecular formula is C24H23ClFN5O. The predicted molar refractivity (Wildman–Crippen MR) is 122 cm³/mol. The average molecular weight is 452 g/mol. The van der Waals surface area contributed by atoms with Crippen LogP contribution in [0.2, 0.25) is 5.15 Å². The van der Waals surface area contributed by atoms with Crippen LogP contribution < -0.4 is 5.32 Å². The van der Waals surface area contributed by atoms with Crippen molar-refractivity contribution in [1.82, 2.24) is 24.9 Å². The summed E-state index contributed by atoms with van der Waals surface area (Å²) >= 11 is 6.45. The summed E-state index contributed by atoms with van der Waals surface area (Å²) in [7, 11) is 0. The highest BCUT2D eigenvalue weighted by Gasteiger charge is 2.21. The van der Waals surface area contributed by atoms with E-state index in [0.717, 1.165) is 22.5 Å². The summed E-state index contributed by atoms with van der Waals surface area (Å²) in [6.07, 6.45) is 0. The van der Waals surface area contributed by atoms with Crippen molar-refractivity contribution < 1.29 is 9.18 Å². The number of aryl methyl sites for hydroxylation is 3. The van der Waals surface area contributed by atoms with E-state index in [1.807, 2.05) is 48.9 Å². The lowest BCUT2D eigenvalue weighted by atomic mass is 10.1. The van der Waals surface area contributed by atoms with E-state index in [4.69, 9.17) is 11.6 Å². The van der Waals surface area contributed by atoms with Gasteiger partial charge in [0.1, 0.15) is 11.0 Å². The second-order valence-electron chi connectivity index (χ2n) is 7.73. The number of amides is 1. The number of aromatic nitrogens is 4. The van der Waals surface area contributed by atoms with Gasteiger partial charge in [0, 0.05) is 12.2 Å². The Bertz CT molecular complexity index is 1280. The Morgan fingerprint density at radius 2 is 1.75 bits per heavy atom. The van der Waals surface area contributed by atoms with Crippen LogP contribution in [-0.2, 0) is 13.1 Å². The van der Waals surface area contributed by atoms with E-state index in [2.05, 4.69) is 15.5 Å². The van der Waals surface area contributed by atoms with Gasteiger partial charge < -0.3 is 5.32 Å². The first-order valence-corrected chi connectivity index (χ1v) is 10.6. The van der Waals surface area contributed by atoms with E-state index in [0.29, 0.717) is 30.0 Å². The van der Waals surface area contributed by atoms with Crippen molar-refractivity contribution in [2.45, 2.75) is 33.9 Å². The molecule has 0 unspecified atom stereocenters. The van der Waals surface area contributed by atoms with E-state index < -0.39 is 0 Å². The molecule has 0 aliphatic carbocycles. The molecule has 0 bridgehead atoms. The van der Waals surface area contributed by atoms with Crippen molar-refractivity contribution in [2.24, 2.45) is 0 Å². The van der Waals surface area contributed by atoms with Crippen molar-refractivity contribution in [3.8, 4) is 5.69 Å². The topological polar surface area (TPSA) is 64.7 Å². The van der Waals surface area contributed by atoms with Crippen LogP contribution in [0.4, 0.5) is 4.39 Å². The molecule has 0 fully saturated rings. The number of halogens is 2. The third-order valence-electron chi connectivity index (χ3n) is 5.18. The maximum Gasteiger partial charge on any atom is 0.256 e. The van der Waals surface area contributed by atoms with E-state index in [1.165, 1.54) is 16.8 Å². The summed E-state index contributed by atoms with van der Waals surface area (Å²) in [4.78, 5) is 12.9. The van der Waals surface area contributed by atoms with Gasteiger partial charge in [0.2, 0.25) is 0 Å². The second kappa shape index (κ2) is 8.96. The molecule has 0 spiro atoms. The second-order valence-corrected chi connectivity index (χ2v) is 8.08. The molecule has 2 aromatic heterocycles. The van der Waals surface area contributed by atoms with Crippen LogP contribution >= 0.6 is 11.6 Å². The summed E-state index contributed by atoms with van der Waals surface area (Å²) in [5.41, 5.74) is 5.53. The zero-order valence-electron chi connectivity index (χ0n) is 18.1. The zero-order valence-corrected chi connectivity index (χ0v) is 18.8. The lowest BCUT2D eigenvalue weighted by molar-refractivity contribution is 0.0950. The van der Waals surface area contributed by atoms with Gasteiger partial charge in [0.25, 0.3) is 5.91 Å². The molecular weight excluding hydrogens is 429 g/mol. The summed E-state index contributed by atoms with van der Waals surface area (Å²) in [6, 6.07) is 15.8. The predicted octanol–water partition coefficient (Wildman–Crippen LogP) is 4.76. The Morgan fingerprint density at radius 1 is 1.03 bits per heavy atom. The quantitative estimate of drug-likeness (QED) is 0.459. The van der Waals surface area contributed by atoms with E-state index in [1.54, 1.807) is 19.1 Å². The number of rotatable bonds is 6. The molecule has 0 aliphatic heterocycles. The Labute approximate surface area is 190 Å². The molecule has 8 heteroatoms. The minimum atomic E-state index is -0.355. The van der Waals surface area contributed by atoms with E-state index in [9.17, 15) is 9.18 Å². The van der Waals surface area contributed by atoms with Gasteiger partial charge in [0.05, 0.1) is 29.2 Å². The number of carbonyl (C=O) groups is 1. The molecule has 164 valence electrons. The zero-order chi connectivity index (χ0) is 22.8. The van der Waals surface area contributed by atoms with Gasteiger partial charge in [0.15, 0.2) is 0 Å². The molecule has 1 N–H and O–H groups in total. The molecule has 2 aromatic carbocycles. The number of hydrogen-bond donors (Lipinski definition) is 1. The Hall–Kier alpha value is -3.45. The van der Waals surface area contributed by atoms with Crippen molar-refractivity contribution >= 4 is 17.5 Å². The van der Waals surface area contributed by atoms with Crippen LogP contribution in [0, 0.1) is 26.6 Å². The highest BCUT2D eigenvalue weighted by Crippen LogP contribution is 2.24. The average Bonchev–Trinajstić information content (AvgIpc) is 3.24. The fourth-order valence-corrected chi connectivity index (χ4v) is 3.99. The van der Waals surface area contributed by atoms with Crippen molar-refractivity contribution in [2.75, 3.05) is 0 Å². The molecule has 0 atom stereocenters. The third kappa shape index (κ3) is 4.57. The van der Waals surface area contributed by atoms with Crippen LogP contribution in [0.1, 0.15) is 38.6 Å². The SMILES string of the molecule is Cc1cc(C)n(Cc2cccc(CNC(=O)c3c(C)nn(-c4ccc(F)cc4)c3Cl)c2)n1. The summed E-state index contributed by atoms with van der Waals surface area (Å²) in [5.74, 6) is -0.670. The van der Waals surface area contributed by atoms with E-state index >= 15 is 0 Å². The highest BCUT2D eigenvalue weighted by atomic mass is 35.5. The Kier molecular flexibility index (Phi) is 6.10. The minimum absolute atomic E-state index is 0.185. The van der Waals surface area contributed by atoms with Crippen molar-refractivity contribution in [1.29, 1.82) is 0 Å². The maximum absolute atomic E-state index is 13.2. The molecule has 0 radical (unpaired) electrons. The molecule has 6 nitrogen and oxygen atoms in total. The fourth-order valence-electron chi connectivity index (χ4n) is 3.63. The summed E-state index contributed by atoms with van der Waals surface area (Å²) in [6.45, 7) is 6.73. The molecule has 0 aliphatic rings. The maximum atomic E-state index is 13.2. The van der Waals surface area contributed by atoms with Gasteiger partial charge in [-0.25, -0.2) is 9.07 Å². The number of carbonyl (C=O) groups excluding carboxylic acids is 1. The van der Waals surface area contributed by atoms with Crippen molar-refractivity contribution in [3.63, 3.8) is 0 Å². The normalized spacial score (nSPS) is 11.0. The van der Waals surface area contributed by atoms with Crippen LogP contribution in [0.5, 0.6) is 0 Å². The molecule has 4 aromatic rings. The number of benzene rings is 2. The van der Waals surface area contributed by atoms with Crippen LogP contribution in [0.3, 0.4) is 0 Å². The molecule has 32 heavy (non-hydrogen) atoms. The van der Waals surface area contributed by atoms with Gasteiger partial charge in [-0.15, -0.1) is 0 Å². The monoisotopic (exact) mass is 451 g/mol. The number of nitrogens with zero attached hydrogens (tertiary/aromatic N) is 4. The molecule has 2 heterocycles. The first-order chi connectivity index (χ1) is 15.3. The Balaban J connectivity index is 1.47. The van der Waals surface area contributed by atoms with Gasteiger partial charge >= 0.3 is 0 Å². The highest BCUT2D eigenvalue weighted by molar-refractivity contribution is 6.33. The van der Waals surface area contributed by atoms with E-state index in [-0.39, 0.29) is 16.9 Å². The molecule has 0 saturated heterocycles. The summed E-state index contributed by atoms with van der Waals surface area (Å²) in [5, 5.41) is 12.0. The standard InChI is InChI=1S/C24H23ClFN5O/c1-15-11-16(2)30(28-15)14-19-6-4-5-18(12-19)13-27-24(32)22-17(3)29-31(23(22)25)21-9-7-20(26)8-10-21/h4-12H,13-14H2,1-3H3,(H,27,32). The minimum Gasteiger partial charge on any atom is -0.348 e. The van der Waals surface area contributed by atoms with Gasteiger partial charge in [-0.3, -0.25) is 9.48 Å². The van der Waals surface area contributed by atoms with Gasteiger partial charge in [-0.2, -0.15) is 10.2 Å². The lowest BCUT2D eigenvalue weighted by Crippen LogP contribution is -2.23. The molecule has 0 saturated carbocycles. The number of nitrogens with one attached hydrogen (secondary N) is 1. The third-order valence-corrected chi connectivity index (χ3v) is 5.53. The van der Waals surface area contributed by atoms with Gasteiger partial charge in [-0.1, -0.05) is 35.9 Å². The first kappa shape index (κ1) is 21.8. The Morgan fingerprint density at radius 3 is 2.44 bits per heavy atom. The number of hydrogen-bond acceptors (Lipinski definition) is 3. The van der Waals surface area contributed by atoms with Crippen LogP contribution in [-0.4, -0.2) is 25.5 Å². The summed E-state index contributed by atoms with van der Waals surface area (Å²) < 4.78 is 16.6. The van der Waals surface area contributed by atoms with Crippen LogP contribution in [0.25, 0.3) is 5.69 Å². The lowest BCUT2D eigenvalue weighted by Gasteiger charge is -2.09.